The number of carbonyl (C=O) groups is 1. The summed E-state index contributed by atoms with van der Waals surface area (Å²) < 4.78 is 6.65. The highest BCUT2D eigenvalue weighted by molar-refractivity contribution is 6.33. The zero-order valence-electron chi connectivity index (χ0n) is 16.7. The Morgan fingerprint density at radius 1 is 1.23 bits per heavy atom. The van der Waals surface area contributed by atoms with E-state index in [0.717, 1.165) is 30.7 Å². The van der Waals surface area contributed by atoms with Gasteiger partial charge in [-0.2, -0.15) is 5.10 Å². The topological polar surface area (TPSA) is 93.4 Å². The molecule has 4 bridgehead atoms. The number of nitrogens with one attached hydrogen (secondary N) is 1. The van der Waals surface area contributed by atoms with Gasteiger partial charge in [-0.3, -0.25) is 9.59 Å². The minimum Gasteiger partial charge on any atom is -0.497 e. The summed E-state index contributed by atoms with van der Waals surface area (Å²) in [5.41, 5.74) is -0.464. The van der Waals surface area contributed by atoms with Crippen LogP contribution in [-0.4, -0.2) is 28.0 Å². The SMILES string of the molecule is COc1ccc(Nc2cnn(C34C[C@@H]5C[C@H](CC(C(=O)O)(C5)C3)C4)c(=O)c2Cl)cc1. The van der Waals surface area contributed by atoms with Gasteiger partial charge >= 0.3 is 5.97 Å². The highest BCUT2D eigenvalue weighted by Gasteiger charge is 2.62. The van der Waals surface area contributed by atoms with Gasteiger partial charge in [0.25, 0.3) is 5.56 Å². The zero-order valence-corrected chi connectivity index (χ0v) is 17.5. The van der Waals surface area contributed by atoms with Gasteiger partial charge in [-0.1, -0.05) is 11.6 Å². The number of aliphatic carboxylic acids is 1. The van der Waals surface area contributed by atoms with Crippen LogP contribution in [0.25, 0.3) is 0 Å². The van der Waals surface area contributed by atoms with Crippen LogP contribution < -0.4 is 15.6 Å². The molecule has 0 aliphatic heterocycles. The second kappa shape index (κ2) is 6.74. The largest absolute Gasteiger partial charge is 0.497 e. The average molecular weight is 430 g/mol. The molecule has 0 spiro atoms. The number of halogens is 1. The molecule has 0 unspecified atom stereocenters. The van der Waals surface area contributed by atoms with Gasteiger partial charge in [0, 0.05) is 5.69 Å². The van der Waals surface area contributed by atoms with Gasteiger partial charge < -0.3 is 15.2 Å². The van der Waals surface area contributed by atoms with Crippen LogP contribution in [0.4, 0.5) is 11.4 Å². The number of benzene rings is 1. The molecule has 2 atom stereocenters. The number of ether oxygens (including phenoxy) is 1. The number of carboxylic acid groups (broad SMARTS) is 1. The Hall–Kier alpha value is -2.54. The van der Waals surface area contributed by atoms with Crippen molar-refractivity contribution < 1.29 is 14.6 Å². The van der Waals surface area contributed by atoms with Crippen molar-refractivity contribution in [1.29, 1.82) is 0 Å². The Morgan fingerprint density at radius 2 is 1.90 bits per heavy atom. The van der Waals surface area contributed by atoms with Crippen LogP contribution >= 0.6 is 11.6 Å². The fraction of sp³-hybridized carbons (Fsp3) is 0.500. The third kappa shape index (κ3) is 2.90. The summed E-state index contributed by atoms with van der Waals surface area (Å²) >= 11 is 6.47. The molecular formula is C22H24ClN3O4. The first-order valence-electron chi connectivity index (χ1n) is 10.3. The van der Waals surface area contributed by atoms with E-state index in [1.54, 1.807) is 13.3 Å². The second-order valence-electron chi connectivity index (χ2n) is 9.21. The van der Waals surface area contributed by atoms with Crippen molar-refractivity contribution in [3.8, 4) is 5.75 Å². The van der Waals surface area contributed by atoms with Crippen LogP contribution in [0.2, 0.25) is 5.02 Å². The lowest BCUT2D eigenvalue weighted by Gasteiger charge is -2.60. The molecule has 4 fully saturated rings. The predicted octanol–water partition coefficient (Wildman–Crippen LogP) is 4.03. The van der Waals surface area contributed by atoms with Gasteiger partial charge in [-0.25, -0.2) is 4.68 Å². The van der Waals surface area contributed by atoms with E-state index in [0.29, 0.717) is 36.8 Å². The van der Waals surface area contributed by atoms with Crippen molar-refractivity contribution in [1.82, 2.24) is 9.78 Å². The summed E-state index contributed by atoms with van der Waals surface area (Å²) in [5.74, 6) is 0.645. The third-order valence-electron chi connectivity index (χ3n) is 7.22. The van der Waals surface area contributed by atoms with E-state index < -0.39 is 16.9 Å². The fourth-order valence-corrected chi connectivity index (χ4v) is 6.58. The first-order chi connectivity index (χ1) is 14.3. The van der Waals surface area contributed by atoms with Crippen LogP contribution in [-0.2, 0) is 10.3 Å². The zero-order chi connectivity index (χ0) is 21.1. The maximum absolute atomic E-state index is 13.2. The van der Waals surface area contributed by atoms with Crippen LogP contribution in [0, 0.1) is 17.3 Å². The summed E-state index contributed by atoms with van der Waals surface area (Å²) in [5, 5.41) is 17.6. The molecule has 4 aliphatic carbocycles. The lowest BCUT2D eigenvalue weighted by Crippen LogP contribution is -2.61. The Kier molecular flexibility index (Phi) is 4.36. The van der Waals surface area contributed by atoms with Crippen molar-refractivity contribution in [2.24, 2.45) is 17.3 Å². The highest BCUT2D eigenvalue weighted by atomic mass is 35.5. The molecule has 1 aromatic carbocycles. The van der Waals surface area contributed by atoms with Crippen molar-refractivity contribution in [2.75, 3.05) is 12.4 Å². The van der Waals surface area contributed by atoms with E-state index in [1.165, 1.54) is 4.68 Å². The lowest BCUT2D eigenvalue weighted by molar-refractivity contribution is -0.173. The van der Waals surface area contributed by atoms with Crippen molar-refractivity contribution in [3.05, 3.63) is 45.8 Å². The molecule has 6 rings (SSSR count). The number of anilines is 2. The average Bonchev–Trinajstić information content (AvgIpc) is 2.71. The van der Waals surface area contributed by atoms with Gasteiger partial charge in [0.05, 0.1) is 29.9 Å². The fourth-order valence-electron chi connectivity index (χ4n) is 6.40. The monoisotopic (exact) mass is 429 g/mol. The molecule has 2 aromatic rings. The van der Waals surface area contributed by atoms with E-state index in [2.05, 4.69) is 10.4 Å². The van der Waals surface area contributed by atoms with Crippen LogP contribution in [0.15, 0.2) is 35.3 Å². The number of aromatic nitrogens is 2. The Balaban J connectivity index is 1.49. The highest BCUT2D eigenvalue weighted by Crippen LogP contribution is 2.63. The molecule has 8 heteroatoms. The number of hydrogen-bond acceptors (Lipinski definition) is 5. The number of methoxy groups -OCH3 is 1. The van der Waals surface area contributed by atoms with Crippen molar-refractivity contribution in [3.63, 3.8) is 0 Å². The number of hydrogen-bond donors (Lipinski definition) is 2. The summed E-state index contributed by atoms with van der Waals surface area (Å²) in [6.45, 7) is 0. The molecule has 1 heterocycles. The Labute approximate surface area is 179 Å². The van der Waals surface area contributed by atoms with Gasteiger partial charge in [-0.05, 0) is 74.6 Å². The summed E-state index contributed by atoms with van der Waals surface area (Å²) in [6, 6.07) is 7.28. The molecule has 4 aliphatic rings. The van der Waals surface area contributed by atoms with E-state index in [4.69, 9.17) is 16.3 Å². The Morgan fingerprint density at radius 3 is 2.50 bits per heavy atom. The number of nitrogens with zero attached hydrogens (tertiary/aromatic N) is 2. The second-order valence-corrected chi connectivity index (χ2v) is 9.59. The van der Waals surface area contributed by atoms with Gasteiger partial charge in [0.1, 0.15) is 10.8 Å². The first kappa shape index (κ1) is 19.4. The summed E-state index contributed by atoms with van der Waals surface area (Å²) in [6.07, 6.45) is 6.09. The molecule has 0 amide bonds. The molecule has 4 saturated carbocycles. The van der Waals surface area contributed by atoms with Crippen LogP contribution in [0.1, 0.15) is 38.5 Å². The molecule has 158 valence electrons. The van der Waals surface area contributed by atoms with Crippen LogP contribution in [0.3, 0.4) is 0 Å². The summed E-state index contributed by atoms with van der Waals surface area (Å²) in [4.78, 5) is 25.4. The third-order valence-corrected chi connectivity index (χ3v) is 7.59. The molecule has 7 nitrogen and oxygen atoms in total. The molecule has 2 N–H and O–H groups in total. The van der Waals surface area contributed by atoms with E-state index in [9.17, 15) is 14.7 Å². The van der Waals surface area contributed by atoms with Gasteiger partial charge in [-0.15, -0.1) is 0 Å². The van der Waals surface area contributed by atoms with E-state index in [1.807, 2.05) is 24.3 Å². The standard InChI is InChI=1S/C22H24ClN3O4/c1-30-16-4-2-15(3-5-16)25-17-11-24-26(19(27)18(17)23)22-9-13-6-14(10-22)8-21(7-13,12-22)20(28)29/h2-5,11,13-14,25H,6-10,12H2,1H3,(H,28,29)/t13-,14-,21?,22?/m1/s1. The molecule has 0 saturated heterocycles. The van der Waals surface area contributed by atoms with Gasteiger partial charge in [0.2, 0.25) is 0 Å². The molecule has 0 radical (unpaired) electrons. The molecule has 1 aromatic heterocycles. The number of carboxylic acids is 1. The quantitative estimate of drug-likeness (QED) is 0.745. The van der Waals surface area contributed by atoms with Gasteiger partial charge in [0.15, 0.2) is 0 Å². The molecular weight excluding hydrogens is 406 g/mol. The lowest BCUT2D eigenvalue weighted by atomic mass is 9.47. The normalized spacial score (nSPS) is 31.5. The first-order valence-corrected chi connectivity index (χ1v) is 10.6. The minimum absolute atomic E-state index is 0.0703. The maximum atomic E-state index is 13.2. The maximum Gasteiger partial charge on any atom is 0.309 e. The van der Waals surface area contributed by atoms with Crippen LogP contribution in [0.5, 0.6) is 5.75 Å². The van der Waals surface area contributed by atoms with E-state index in [-0.39, 0.29) is 10.6 Å². The minimum atomic E-state index is -0.738. The van der Waals surface area contributed by atoms with Crippen molar-refractivity contribution >= 4 is 28.9 Å². The smallest absolute Gasteiger partial charge is 0.309 e. The molecule has 30 heavy (non-hydrogen) atoms. The van der Waals surface area contributed by atoms with E-state index >= 15 is 0 Å². The van der Waals surface area contributed by atoms with Crippen molar-refractivity contribution in [2.45, 2.75) is 44.1 Å². The predicted molar refractivity (Wildman–Crippen MR) is 113 cm³/mol. The number of rotatable bonds is 5. The summed E-state index contributed by atoms with van der Waals surface area (Å²) in [7, 11) is 1.60. The Bertz CT molecular complexity index is 1050.